The first-order valence-corrected chi connectivity index (χ1v) is 5.83. The van der Waals surface area contributed by atoms with Gasteiger partial charge in [0, 0.05) is 7.05 Å². The fraction of sp³-hybridized carbons (Fsp3) is 0.250. The SMILES string of the molecule is CC(Nc1cc(F)c(C(=O)O)cc1N)c1nncn1C. The normalized spacial score (nSPS) is 12.2. The molecule has 1 heterocycles. The van der Waals surface area contributed by atoms with Gasteiger partial charge in [0.15, 0.2) is 5.82 Å². The Morgan fingerprint density at radius 3 is 2.80 bits per heavy atom. The number of aromatic carboxylic acids is 1. The molecule has 1 atom stereocenters. The van der Waals surface area contributed by atoms with E-state index < -0.39 is 17.3 Å². The van der Waals surface area contributed by atoms with Crippen LogP contribution in [0.5, 0.6) is 0 Å². The third-order valence-corrected chi connectivity index (χ3v) is 2.88. The number of rotatable bonds is 4. The van der Waals surface area contributed by atoms with Crippen LogP contribution < -0.4 is 11.1 Å². The first-order chi connectivity index (χ1) is 9.40. The number of benzene rings is 1. The van der Waals surface area contributed by atoms with E-state index in [1.165, 1.54) is 0 Å². The lowest BCUT2D eigenvalue weighted by Crippen LogP contribution is -2.14. The zero-order valence-electron chi connectivity index (χ0n) is 11.0. The van der Waals surface area contributed by atoms with Crippen LogP contribution in [-0.4, -0.2) is 25.8 Å². The van der Waals surface area contributed by atoms with Crippen molar-refractivity contribution >= 4 is 17.3 Å². The van der Waals surface area contributed by atoms with Gasteiger partial charge in [-0.1, -0.05) is 0 Å². The maximum Gasteiger partial charge on any atom is 0.338 e. The highest BCUT2D eigenvalue weighted by molar-refractivity contribution is 5.90. The van der Waals surface area contributed by atoms with Crippen molar-refractivity contribution in [2.24, 2.45) is 7.05 Å². The number of nitrogens with two attached hydrogens (primary N) is 1. The van der Waals surface area contributed by atoms with Crippen LogP contribution in [0, 0.1) is 5.82 Å². The predicted octanol–water partition coefficient (Wildman–Crippen LogP) is 1.41. The molecule has 4 N–H and O–H groups in total. The second-order valence-electron chi connectivity index (χ2n) is 4.39. The van der Waals surface area contributed by atoms with Crippen LogP contribution in [0.4, 0.5) is 15.8 Å². The van der Waals surface area contributed by atoms with Gasteiger partial charge in [-0.05, 0) is 19.1 Å². The smallest absolute Gasteiger partial charge is 0.338 e. The number of hydrogen-bond donors (Lipinski definition) is 3. The highest BCUT2D eigenvalue weighted by Gasteiger charge is 2.17. The Labute approximate surface area is 114 Å². The first-order valence-electron chi connectivity index (χ1n) is 5.83. The van der Waals surface area contributed by atoms with E-state index in [1.807, 2.05) is 6.92 Å². The number of nitrogens with one attached hydrogen (secondary N) is 1. The maximum atomic E-state index is 13.6. The van der Waals surface area contributed by atoms with Crippen molar-refractivity contribution in [3.63, 3.8) is 0 Å². The number of halogens is 1. The number of hydrogen-bond acceptors (Lipinski definition) is 5. The van der Waals surface area contributed by atoms with Crippen molar-refractivity contribution in [1.82, 2.24) is 14.8 Å². The molecular weight excluding hydrogens is 265 g/mol. The zero-order valence-corrected chi connectivity index (χ0v) is 11.0. The van der Waals surface area contributed by atoms with Gasteiger partial charge in [0.2, 0.25) is 0 Å². The van der Waals surface area contributed by atoms with E-state index in [2.05, 4.69) is 15.5 Å². The number of carboxylic acid groups (broad SMARTS) is 1. The largest absolute Gasteiger partial charge is 0.478 e. The van der Waals surface area contributed by atoms with Crippen LogP contribution in [0.3, 0.4) is 0 Å². The molecule has 0 amide bonds. The summed E-state index contributed by atoms with van der Waals surface area (Å²) < 4.78 is 15.4. The molecule has 0 aliphatic carbocycles. The fourth-order valence-corrected chi connectivity index (χ4v) is 1.86. The third kappa shape index (κ3) is 2.53. The van der Waals surface area contributed by atoms with Gasteiger partial charge in [-0.15, -0.1) is 10.2 Å². The minimum atomic E-state index is -1.36. The summed E-state index contributed by atoms with van der Waals surface area (Å²) in [5.74, 6) is -1.56. The van der Waals surface area contributed by atoms with Crippen molar-refractivity contribution in [1.29, 1.82) is 0 Å². The second kappa shape index (κ2) is 5.16. The van der Waals surface area contributed by atoms with Crippen LogP contribution in [0.15, 0.2) is 18.5 Å². The molecule has 2 aromatic rings. The first kappa shape index (κ1) is 13.8. The molecule has 7 nitrogen and oxygen atoms in total. The van der Waals surface area contributed by atoms with Gasteiger partial charge in [-0.25, -0.2) is 9.18 Å². The minimum Gasteiger partial charge on any atom is -0.478 e. The lowest BCUT2D eigenvalue weighted by atomic mass is 10.1. The monoisotopic (exact) mass is 279 g/mol. The van der Waals surface area contributed by atoms with Crippen LogP contribution in [0.1, 0.15) is 29.1 Å². The lowest BCUT2D eigenvalue weighted by molar-refractivity contribution is 0.0692. The number of carbonyl (C=O) groups is 1. The summed E-state index contributed by atoms with van der Waals surface area (Å²) in [6.45, 7) is 1.81. The van der Waals surface area contributed by atoms with E-state index in [0.717, 1.165) is 12.1 Å². The summed E-state index contributed by atoms with van der Waals surface area (Å²) in [5, 5.41) is 19.5. The molecule has 0 aliphatic rings. The minimum absolute atomic E-state index is 0.151. The van der Waals surface area contributed by atoms with E-state index in [9.17, 15) is 9.18 Å². The topological polar surface area (TPSA) is 106 Å². The van der Waals surface area contributed by atoms with Crippen molar-refractivity contribution < 1.29 is 14.3 Å². The third-order valence-electron chi connectivity index (χ3n) is 2.88. The molecule has 20 heavy (non-hydrogen) atoms. The lowest BCUT2D eigenvalue weighted by Gasteiger charge is -2.16. The molecule has 2 rings (SSSR count). The second-order valence-corrected chi connectivity index (χ2v) is 4.39. The standard InChI is InChI=1S/C12H14FN5O2/c1-6(11-17-15-5-18(11)2)16-10-4-8(13)7(12(19)20)3-9(10)14/h3-6,16H,14H2,1-2H3,(H,19,20). The average Bonchev–Trinajstić information content (AvgIpc) is 2.79. The Bertz CT molecular complexity index is 655. The Morgan fingerprint density at radius 2 is 2.25 bits per heavy atom. The number of aryl methyl sites for hydroxylation is 1. The van der Waals surface area contributed by atoms with Gasteiger partial charge in [0.25, 0.3) is 0 Å². The molecule has 0 bridgehead atoms. The Hall–Kier alpha value is -2.64. The number of carboxylic acids is 1. The van der Waals surface area contributed by atoms with Crippen molar-refractivity contribution in [2.45, 2.75) is 13.0 Å². The fourth-order valence-electron chi connectivity index (χ4n) is 1.86. The number of aromatic nitrogens is 3. The summed E-state index contributed by atoms with van der Waals surface area (Å²) >= 11 is 0. The molecule has 1 aromatic heterocycles. The Morgan fingerprint density at radius 1 is 1.55 bits per heavy atom. The molecule has 106 valence electrons. The van der Waals surface area contributed by atoms with E-state index >= 15 is 0 Å². The van der Waals surface area contributed by atoms with Gasteiger partial charge >= 0.3 is 5.97 Å². The van der Waals surface area contributed by atoms with Crippen LogP contribution in [0.25, 0.3) is 0 Å². The highest BCUT2D eigenvalue weighted by atomic mass is 19.1. The molecule has 0 saturated heterocycles. The predicted molar refractivity (Wildman–Crippen MR) is 70.8 cm³/mol. The zero-order chi connectivity index (χ0) is 14.9. The summed E-state index contributed by atoms with van der Waals surface area (Å²) in [6.07, 6.45) is 1.55. The summed E-state index contributed by atoms with van der Waals surface area (Å²) in [6, 6.07) is 1.88. The maximum absolute atomic E-state index is 13.6. The molecular formula is C12H14FN5O2. The Balaban J connectivity index is 2.28. The van der Waals surface area contributed by atoms with Gasteiger partial charge < -0.3 is 20.7 Å². The molecule has 1 aromatic carbocycles. The van der Waals surface area contributed by atoms with Crippen LogP contribution in [0.2, 0.25) is 0 Å². The van der Waals surface area contributed by atoms with Crippen molar-refractivity contribution in [3.8, 4) is 0 Å². The summed E-state index contributed by atoms with van der Waals surface area (Å²) in [4.78, 5) is 10.8. The van der Waals surface area contributed by atoms with E-state index in [-0.39, 0.29) is 11.7 Å². The molecule has 8 heteroatoms. The van der Waals surface area contributed by atoms with Gasteiger partial charge in [0.1, 0.15) is 12.1 Å². The molecule has 0 saturated carbocycles. The molecule has 0 spiro atoms. The van der Waals surface area contributed by atoms with Crippen molar-refractivity contribution in [3.05, 3.63) is 35.7 Å². The molecule has 0 aliphatic heterocycles. The number of anilines is 2. The molecule has 0 radical (unpaired) electrons. The van der Waals surface area contributed by atoms with E-state index in [4.69, 9.17) is 10.8 Å². The van der Waals surface area contributed by atoms with Crippen molar-refractivity contribution in [2.75, 3.05) is 11.1 Å². The Kier molecular flexibility index (Phi) is 3.55. The number of nitrogen functional groups attached to an aromatic ring is 1. The van der Waals surface area contributed by atoms with Gasteiger partial charge in [-0.3, -0.25) is 0 Å². The van der Waals surface area contributed by atoms with Crippen LogP contribution in [-0.2, 0) is 7.05 Å². The molecule has 1 unspecified atom stereocenters. The van der Waals surface area contributed by atoms with Crippen LogP contribution >= 0.6 is 0 Å². The summed E-state index contributed by atoms with van der Waals surface area (Å²) in [5.41, 5.74) is 5.73. The van der Waals surface area contributed by atoms with E-state index in [0.29, 0.717) is 11.5 Å². The van der Waals surface area contributed by atoms with Gasteiger partial charge in [0.05, 0.1) is 23.0 Å². The summed E-state index contributed by atoms with van der Waals surface area (Å²) in [7, 11) is 1.78. The average molecular weight is 279 g/mol. The molecule has 0 fully saturated rings. The highest BCUT2D eigenvalue weighted by Crippen LogP contribution is 2.26. The quantitative estimate of drug-likeness (QED) is 0.730. The van der Waals surface area contributed by atoms with E-state index in [1.54, 1.807) is 17.9 Å². The van der Waals surface area contributed by atoms with Gasteiger partial charge in [-0.2, -0.15) is 0 Å². The number of nitrogens with zero attached hydrogens (tertiary/aromatic N) is 3.